The van der Waals surface area contributed by atoms with Crippen molar-refractivity contribution in [2.24, 2.45) is 0 Å². The number of alkyl halides is 2. The van der Waals surface area contributed by atoms with E-state index in [4.69, 9.17) is 16.4 Å². The molecule has 0 bridgehead atoms. The molecule has 1 aromatic heterocycles. The number of rotatable bonds is 3. The Morgan fingerprint density at radius 1 is 1.56 bits per heavy atom. The van der Waals surface area contributed by atoms with Crippen LogP contribution in [0.1, 0.15) is 12.0 Å². The van der Waals surface area contributed by atoms with Crippen molar-refractivity contribution in [3.05, 3.63) is 11.6 Å². The number of nitrogens with zero attached hydrogens (tertiary/aromatic N) is 1. The van der Waals surface area contributed by atoms with E-state index < -0.39 is 31.8 Å². The van der Waals surface area contributed by atoms with Gasteiger partial charge in [0.1, 0.15) is 5.82 Å². The van der Waals surface area contributed by atoms with Gasteiger partial charge in [-0.3, -0.25) is 0 Å². The molecule has 0 atom stereocenters. The van der Waals surface area contributed by atoms with Crippen molar-refractivity contribution in [1.29, 1.82) is 0 Å². The van der Waals surface area contributed by atoms with Gasteiger partial charge in [-0.25, -0.2) is 17.2 Å². The van der Waals surface area contributed by atoms with Gasteiger partial charge in [0.05, 0.1) is 7.11 Å². The first-order valence-electron chi connectivity index (χ1n) is 3.84. The van der Waals surface area contributed by atoms with Gasteiger partial charge in [0.15, 0.2) is 4.90 Å². The molecule has 0 unspecified atom stereocenters. The summed E-state index contributed by atoms with van der Waals surface area (Å²) in [6, 6.07) is 0.739. The maximum Gasteiger partial charge on any atom is 0.267 e. The van der Waals surface area contributed by atoms with Crippen LogP contribution in [0.2, 0.25) is 0 Å². The summed E-state index contributed by atoms with van der Waals surface area (Å²) in [4.78, 5) is 2.60. The van der Waals surface area contributed by atoms with Crippen molar-refractivity contribution in [3.8, 4) is 5.88 Å². The first-order valence-corrected chi connectivity index (χ1v) is 6.15. The first-order chi connectivity index (χ1) is 7.27. The Bertz CT molecular complexity index is 507. The van der Waals surface area contributed by atoms with Crippen LogP contribution in [0, 0.1) is 0 Å². The summed E-state index contributed by atoms with van der Waals surface area (Å²) in [5, 5.41) is 0. The molecule has 2 N–H and O–H groups in total. The molecule has 0 spiro atoms. The lowest BCUT2D eigenvalue weighted by Crippen LogP contribution is -2.06. The molecule has 0 aliphatic heterocycles. The Morgan fingerprint density at radius 3 is 2.50 bits per heavy atom. The SMILES string of the molecule is COc1nc(N)cc(C(F)F)c1S(=O)(=O)Cl. The number of anilines is 1. The van der Waals surface area contributed by atoms with Gasteiger partial charge in [-0.15, -0.1) is 0 Å². The predicted octanol–water partition coefficient (Wildman–Crippen LogP) is 1.54. The highest BCUT2D eigenvalue weighted by atomic mass is 35.7. The minimum atomic E-state index is -4.39. The fourth-order valence-electron chi connectivity index (χ4n) is 1.09. The van der Waals surface area contributed by atoms with Crippen molar-refractivity contribution in [2.75, 3.05) is 12.8 Å². The van der Waals surface area contributed by atoms with E-state index in [9.17, 15) is 17.2 Å². The fraction of sp³-hybridized carbons (Fsp3) is 0.286. The Hall–Kier alpha value is -1.15. The van der Waals surface area contributed by atoms with E-state index in [1.165, 1.54) is 0 Å². The van der Waals surface area contributed by atoms with Crippen LogP contribution in [0.15, 0.2) is 11.0 Å². The zero-order valence-electron chi connectivity index (χ0n) is 7.95. The second kappa shape index (κ2) is 4.38. The highest BCUT2D eigenvalue weighted by Crippen LogP contribution is 2.35. The van der Waals surface area contributed by atoms with Crippen LogP contribution in [-0.2, 0) is 9.05 Å². The Kier molecular flexibility index (Phi) is 3.54. The Labute approximate surface area is 94.6 Å². The number of nitrogens with two attached hydrogens (primary N) is 1. The number of methoxy groups -OCH3 is 1. The molecule has 0 amide bonds. The number of aromatic nitrogens is 1. The summed E-state index contributed by atoms with van der Waals surface area (Å²) < 4.78 is 52.0. The van der Waals surface area contributed by atoms with E-state index in [2.05, 4.69) is 9.72 Å². The highest BCUT2D eigenvalue weighted by molar-refractivity contribution is 8.13. The van der Waals surface area contributed by atoms with Gasteiger partial charge in [0, 0.05) is 16.2 Å². The summed E-state index contributed by atoms with van der Waals surface area (Å²) in [5.74, 6) is -0.832. The highest BCUT2D eigenvalue weighted by Gasteiger charge is 2.28. The molecular weight excluding hydrogens is 266 g/mol. The average Bonchev–Trinajstić information content (AvgIpc) is 2.14. The topological polar surface area (TPSA) is 82.3 Å². The monoisotopic (exact) mass is 272 g/mol. The second-order valence-electron chi connectivity index (χ2n) is 2.71. The molecule has 0 aliphatic rings. The third-order valence-corrected chi connectivity index (χ3v) is 3.02. The molecule has 1 aromatic rings. The van der Waals surface area contributed by atoms with Gasteiger partial charge >= 0.3 is 0 Å². The van der Waals surface area contributed by atoms with E-state index in [1.807, 2.05) is 0 Å². The molecule has 5 nitrogen and oxygen atoms in total. The van der Waals surface area contributed by atoms with E-state index in [1.54, 1.807) is 0 Å². The number of hydrogen-bond donors (Lipinski definition) is 1. The Balaban J connectivity index is 3.65. The molecule has 9 heteroatoms. The lowest BCUT2D eigenvalue weighted by molar-refractivity contribution is 0.147. The first kappa shape index (κ1) is 12.9. The van der Waals surface area contributed by atoms with Gasteiger partial charge < -0.3 is 10.5 Å². The molecule has 90 valence electrons. The largest absolute Gasteiger partial charge is 0.480 e. The second-order valence-corrected chi connectivity index (χ2v) is 5.22. The number of halogens is 3. The minimum Gasteiger partial charge on any atom is -0.480 e. The van der Waals surface area contributed by atoms with Crippen LogP contribution in [-0.4, -0.2) is 20.5 Å². The van der Waals surface area contributed by atoms with Crippen LogP contribution in [0.3, 0.4) is 0 Å². The summed E-state index contributed by atoms with van der Waals surface area (Å²) in [5.41, 5.74) is 4.39. The molecule has 1 rings (SSSR count). The number of pyridine rings is 1. The van der Waals surface area contributed by atoms with E-state index in [0.29, 0.717) is 0 Å². The standard InChI is InChI=1S/C7H7ClF2N2O3S/c1-15-7-5(16(8,13)14)3(6(9)10)2-4(11)12-7/h2,6H,1H3,(H2,11,12). The maximum absolute atomic E-state index is 12.6. The molecule has 0 fully saturated rings. The van der Waals surface area contributed by atoms with Gasteiger partial charge in [0.2, 0.25) is 5.88 Å². The number of nitrogen functional groups attached to an aromatic ring is 1. The van der Waals surface area contributed by atoms with Gasteiger partial charge in [-0.05, 0) is 6.07 Å². The average molecular weight is 273 g/mol. The van der Waals surface area contributed by atoms with Crippen LogP contribution >= 0.6 is 10.7 Å². The van der Waals surface area contributed by atoms with Crippen molar-refractivity contribution >= 4 is 25.6 Å². The summed E-state index contributed by atoms with van der Waals surface area (Å²) in [6.45, 7) is 0. The molecular formula is C7H7ClF2N2O3S. The maximum atomic E-state index is 12.6. The molecule has 0 saturated carbocycles. The van der Waals surface area contributed by atoms with Crippen molar-refractivity contribution in [2.45, 2.75) is 11.3 Å². The summed E-state index contributed by atoms with van der Waals surface area (Å²) in [7, 11) is 1.71. The Morgan fingerprint density at radius 2 is 2.12 bits per heavy atom. The smallest absolute Gasteiger partial charge is 0.267 e. The van der Waals surface area contributed by atoms with Crippen molar-refractivity contribution in [3.63, 3.8) is 0 Å². The van der Waals surface area contributed by atoms with Crippen molar-refractivity contribution < 1.29 is 21.9 Å². The van der Waals surface area contributed by atoms with Crippen LogP contribution in [0.25, 0.3) is 0 Å². The van der Waals surface area contributed by atoms with E-state index in [0.717, 1.165) is 13.2 Å². The fourth-order valence-corrected chi connectivity index (χ4v) is 2.33. The molecule has 1 heterocycles. The summed E-state index contributed by atoms with van der Waals surface area (Å²) in [6.07, 6.45) is -3.05. The zero-order valence-corrected chi connectivity index (χ0v) is 9.52. The number of ether oxygens (including phenoxy) is 1. The van der Waals surface area contributed by atoms with E-state index >= 15 is 0 Å². The van der Waals surface area contributed by atoms with Crippen LogP contribution < -0.4 is 10.5 Å². The third kappa shape index (κ3) is 2.50. The summed E-state index contributed by atoms with van der Waals surface area (Å²) >= 11 is 0. The van der Waals surface area contributed by atoms with Gasteiger partial charge in [-0.2, -0.15) is 4.98 Å². The van der Waals surface area contributed by atoms with E-state index in [-0.39, 0.29) is 5.82 Å². The molecule has 0 radical (unpaired) electrons. The lowest BCUT2D eigenvalue weighted by Gasteiger charge is -2.10. The van der Waals surface area contributed by atoms with Crippen LogP contribution in [0.4, 0.5) is 14.6 Å². The predicted molar refractivity (Wildman–Crippen MR) is 53.2 cm³/mol. The van der Waals surface area contributed by atoms with Crippen LogP contribution in [0.5, 0.6) is 5.88 Å². The molecule has 16 heavy (non-hydrogen) atoms. The molecule has 0 saturated heterocycles. The number of hydrogen-bond acceptors (Lipinski definition) is 5. The molecule has 0 aliphatic carbocycles. The van der Waals surface area contributed by atoms with Gasteiger partial charge in [0.25, 0.3) is 15.5 Å². The normalized spacial score (nSPS) is 11.8. The minimum absolute atomic E-state index is 0.281. The van der Waals surface area contributed by atoms with Crippen molar-refractivity contribution in [1.82, 2.24) is 4.98 Å². The lowest BCUT2D eigenvalue weighted by atomic mass is 10.2. The zero-order chi connectivity index (χ0) is 12.5. The quantitative estimate of drug-likeness (QED) is 0.844. The third-order valence-electron chi connectivity index (χ3n) is 1.66. The van der Waals surface area contributed by atoms with Gasteiger partial charge in [-0.1, -0.05) is 0 Å². The molecule has 0 aromatic carbocycles.